The normalized spacial score (nSPS) is 12.7. The van der Waals surface area contributed by atoms with Gasteiger partial charge >= 0.3 is 5.97 Å². The predicted molar refractivity (Wildman–Crippen MR) is 61.6 cm³/mol. The molecule has 1 heterocycles. The van der Waals surface area contributed by atoms with Crippen LogP contribution in [0.25, 0.3) is 0 Å². The number of ether oxygens (including phenoxy) is 3. The maximum absolute atomic E-state index is 11.6. The number of carbonyl (C=O) groups excluding carboxylic acids is 1. The molecule has 5 heteroatoms. The van der Waals surface area contributed by atoms with Crippen LogP contribution in [0.3, 0.4) is 0 Å². The average molecular weight is 253 g/mol. The first-order valence-corrected chi connectivity index (χ1v) is 5.30. The lowest BCUT2D eigenvalue weighted by Crippen LogP contribution is -2.16. The molecule has 1 aliphatic heterocycles. The summed E-state index contributed by atoms with van der Waals surface area (Å²) in [5.74, 6) is 2.56. The van der Waals surface area contributed by atoms with Gasteiger partial charge in [0.05, 0.1) is 10.6 Å². The quantitative estimate of drug-likeness (QED) is 0.596. The number of hydrogen-bond donors (Lipinski definition) is 0. The van der Waals surface area contributed by atoms with Gasteiger partial charge in [0.25, 0.3) is 0 Å². The van der Waals surface area contributed by atoms with Gasteiger partial charge in [0, 0.05) is 0 Å². The number of carbonyl (C=O) groups is 1. The summed E-state index contributed by atoms with van der Waals surface area (Å²) >= 11 is 5.97. The van der Waals surface area contributed by atoms with Gasteiger partial charge in [-0.15, -0.1) is 6.42 Å². The van der Waals surface area contributed by atoms with Crippen molar-refractivity contribution in [2.24, 2.45) is 0 Å². The van der Waals surface area contributed by atoms with Crippen molar-refractivity contribution in [3.8, 4) is 23.8 Å². The van der Waals surface area contributed by atoms with Crippen molar-refractivity contribution in [3.05, 3.63) is 22.7 Å². The second-order valence-corrected chi connectivity index (χ2v) is 3.67. The molecule has 1 aromatic carbocycles. The molecule has 0 atom stereocenters. The molecule has 0 unspecified atom stereocenters. The molecule has 0 radical (unpaired) electrons. The Morgan fingerprint density at radius 3 is 3.00 bits per heavy atom. The van der Waals surface area contributed by atoms with Crippen LogP contribution in [0.5, 0.6) is 11.5 Å². The fourth-order valence-electron chi connectivity index (χ4n) is 1.42. The van der Waals surface area contributed by atoms with E-state index in [0.29, 0.717) is 29.7 Å². The van der Waals surface area contributed by atoms with Crippen LogP contribution in [-0.2, 0) is 4.74 Å². The molecule has 0 amide bonds. The van der Waals surface area contributed by atoms with E-state index in [0.717, 1.165) is 0 Å². The highest BCUT2D eigenvalue weighted by atomic mass is 35.5. The molecule has 17 heavy (non-hydrogen) atoms. The van der Waals surface area contributed by atoms with E-state index in [-0.39, 0.29) is 12.2 Å². The maximum atomic E-state index is 11.6. The van der Waals surface area contributed by atoms with Gasteiger partial charge in [-0.05, 0) is 12.1 Å². The van der Waals surface area contributed by atoms with Crippen molar-refractivity contribution >= 4 is 17.6 Å². The highest BCUT2D eigenvalue weighted by molar-refractivity contribution is 6.32. The Labute approximate surface area is 103 Å². The largest absolute Gasteiger partial charge is 0.486 e. The fourth-order valence-corrected chi connectivity index (χ4v) is 1.68. The summed E-state index contributed by atoms with van der Waals surface area (Å²) in [6.07, 6.45) is 5.00. The molecule has 0 N–H and O–H groups in total. The minimum Gasteiger partial charge on any atom is -0.486 e. The molecular formula is C12H9ClO4. The van der Waals surface area contributed by atoms with Gasteiger partial charge in [-0.2, -0.15) is 0 Å². The van der Waals surface area contributed by atoms with Gasteiger partial charge in [0.1, 0.15) is 13.2 Å². The van der Waals surface area contributed by atoms with Crippen LogP contribution in [0.4, 0.5) is 0 Å². The van der Waals surface area contributed by atoms with E-state index in [2.05, 4.69) is 5.92 Å². The molecule has 2 rings (SSSR count). The Kier molecular flexibility index (Phi) is 3.40. The molecule has 4 nitrogen and oxygen atoms in total. The van der Waals surface area contributed by atoms with Crippen molar-refractivity contribution in [2.75, 3.05) is 19.8 Å². The van der Waals surface area contributed by atoms with E-state index in [1.165, 1.54) is 12.1 Å². The second-order valence-electron chi connectivity index (χ2n) is 3.26. The lowest BCUT2D eigenvalue weighted by molar-refractivity contribution is 0.0555. The summed E-state index contributed by atoms with van der Waals surface area (Å²) in [7, 11) is 0. The minimum absolute atomic E-state index is 0.0785. The number of rotatable bonds is 2. The molecule has 0 saturated heterocycles. The van der Waals surface area contributed by atoms with Gasteiger partial charge in [0.2, 0.25) is 0 Å². The second kappa shape index (κ2) is 4.98. The smallest absolute Gasteiger partial charge is 0.339 e. The first-order valence-electron chi connectivity index (χ1n) is 4.92. The van der Waals surface area contributed by atoms with Crippen molar-refractivity contribution in [3.63, 3.8) is 0 Å². The third kappa shape index (κ3) is 2.45. The molecular weight excluding hydrogens is 244 g/mol. The third-order valence-corrected chi connectivity index (χ3v) is 2.40. The summed E-state index contributed by atoms with van der Waals surface area (Å²) < 4.78 is 15.5. The highest BCUT2D eigenvalue weighted by Crippen LogP contribution is 2.38. The zero-order valence-electron chi connectivity index (χ0n) is 8.86. The summed E-state index contributed by atoms with van der Waals surface area (Å²) in [6.45, 7) is 0.782. The van der Waals surface area contributed by atoms with Crippen LogP contribution in [0.2, 0.25) is 5.02 Å². The molecule has 0 aromatic heterocycles. The van der Waals surface area contributed by atoms with Crippen LogP contribution in [0, 0.1) is 12.3 Å². The standard InChI is InChI=1S/C12H9ClO4/c1-2-3-17-12(14)8-6-9(13)11-10(7-8)15-4-5-16-11/h1,6-7H,3-5H2. The first-order chi connectivity index (χ1) is 8.22. The Balaban J connectivity index is 2.28. The molecule has 1 aliphatic rings. The van der Waals surface area contributed by atoms with Crippen molar-refractivity contribution in [1.29, 1.82) is 0 Å². The van der Waals surface area contributed by atoms with Gasteiger partial charge in [-0.3, -0.25) is 0 Å². The maximum Gasteiger partial charge on any atom is 0.339 e. The zero-order chi connectivity index (χ0) is 12.3. The SMILES string of the molecule is C#CCOC(=O)c1cc(Cl)c2c(c1)OCCO2. The zero-order valence-corrected chi connectivity index (χ0v) is 9.62. The molecule has 0 bridgehead atoms. The Morgan fingerprint density at radius 1 is 1.47 bits per heavy atom. The Morgan fingerprint density at radius 2 is 2.24 bits per heavy atom. The monoisotopic (exact) mass is 252 g/mol. The van der Waals surface area contributed by atoms with Crippen LogP contribution in [-0.4, -0.2) is 25.8 Å². The van der Waals surface area contributed by atoms with E-state index in [4.69, 9.17) is 32.2 Å². The number of benzene rings is 1. The van der Waals surface area contributed by atoms with Crippen LogP contribution >= 0.6 is 11.6 Å². The summed E-state index contributed by atoms with van der Waals surface area (Å²) in [5.41, 5.74) is 0.287. The first kappa shape index (κ1) is 11.6. The summed E-state index contributed by atoms with van der Waals surface area (Å²) in [5, 5.41) is 0.315. The molecule has 88 valence electrons. The molecule has 1 aromatic rings. The van der Waals surface area contributed by atoms with E-state index < -0.39 is 5.97 Å². The topological polar surface area (TPSA) is 44.8 Å². The van der Waals surface area contributed by atoms with Crippen molar-refractivity contribution in [1.82, 2.24) is 0 Å². The molecule has 0 saturated carbocycles. The molecule has 0 fully saturated rings. The summed E-state index contributed by atoms with van der Waals surface area (Å²) in [4.78, 5) is 11.6. The highest BCUT2D eigenvalue weighted by Gasteiger charge is 2.19. The Bertz CT molecular complexity index is 490. The van der Waals surface area contributed by atoms with E-state index in [1.807, 2.05) is 0 Å². The van der Waals surface area contributed by atoms with E-state index >= 15 is 0 Å². The van der Waals surface area contributed by atoms with E-state index in [9.17, 15) is 4.79 Å². The lowest BCUT2D eigenvalue weighted by atomic mass is 10.2. The third-order valence-electron chi connectivity index (χ3n) is 2.12. The van der Waals surface area contributed by atoms with E-state index in [1.54, 1.807) is 0 Å². The summed E-state index contributed by atoms with van der Waals surface area (Å²) in [6, 6.07) is 2.99. The molecule has 0 spiro atoms. The van der Waals surface area contributed by atoms with Gasteiger partial charge in [0.15, 0.2) is 18.1 Å². The number of halogens is 1. The van der Waals surface area contributed by atoms with Gasteiger partial charge < -0.3 is 14.2 Å². The number of terminal acetylenes is 1. The van der Waals surface area contributed by atoms with Gasteiger partial charge in [-0.1, -0.05) is 17.5 Å². The Hall–Kier alpha value is -1.86. The van der Waals surface area contributed by atoms with Crippen molar-refractivity contribution < 1.29 is 19.0 Å². The minimum atomic E-state index is -0.540. The fraction of sp³-hybridized carbons (Fsp3) is 0.250. The number of fused-ring (bicyclic) bond motifs is 1. The van der Waals surface area contributed by atoms with Crippen molar-refractivity contribution in [2.45, 2.75) is 0 Å². The molecule has 0 aliphatic carbocycles. The van der Waals surface area contributed by atoms with Gasteiger partial charge in [-0.25, -0.2) is 4.79 Å². The number of esters is 1. The van der Waals surface area contributed by atoms with Crippen LogP contribution in [0.1, 0.15) is 10.4 Å². The predicted octanol–water partition coefficient (Wildman–Crippen LogP) is 1.90. The number of hydrogen-bond acceptors (Lipinski definition) is 4. The van der Waals surface area contributed by atoms with Crippen LogP contribution < -0.4 is 9.47 Å². The van der Waals surface area contributed by atoms with Crippen LogP contribution in [0.15, 0.2) is 12.1 Å². The average Bonchev–Trinajstić information content (AvgIpc) is 2.36. The lowest BCUT2D eigenvalue weighted by Gasteiger charge is -2.19.